The van der Waals surface area contributed by atoms with Crippen molar-refractivity contribution in [1.29, 1.82) is 0 Å². The third-order valence-electron chi connectivity index (χ3n) is 4.66. The van der Waals surface area contributed by atoms with E-state index in [9.17, 15) is 0 Å². The Labute approximate surface area is 127 Å². The highest BCUT2D eigenvalue weighted by Crippen LogP contribution is 2.30. The molecule has 3 rings (SSSR count). The number of para-hydroxylation sites is 1. The molecular formula is C18H25N3. The molecule has 1 aliphatic heterocycles. The zero-order valence-electron chi connectivity index (χ0n) is 13.0. The van der Waals surface area contributed by atoms with Crippen molar-refractivity contribution in [3.63, 3.8) is 0 Å². The van der Waals surface area contributed by atoms with Crippen molar-refractivity contribution >= 4 is 16.5 Å². The standard InChI is InChI=1S/C18H25N3/c1-3-6-14(2)20-11-9-15(10-12-20)17-13-21(19)18-8-5-4-7-16(17)18/h4-5,7-9,13-14H,3,6,10-12,19H2,1-2H3. The van der Waals surface area contributed by atoms with E-state index in [4.69, 9.17) is 5.84 Å². The summed E-state index contributed by atoms with van der Waals surface area (Å²) in [6.45, 7) is 6.81. The van der Waals surface area contributed by atoms with Crippen LogP contribution in [0.3, 0.4) is 0 Å². The van der Waals surface area contributed by atoms with Gasteiger partial charge in [-0.2, -0.15) is 0 Å². The average Bonchev–Trinajstić information content (AvgIpc) is 2.85. The molecule has 0 saturated heterocycles. The zero-order chi connectivity index (χ0) is 14.8. The summed E-state index contributed by atoms with van der Waals surface area (Å²) in [6, 6.07) is 9.06. The summed E-state index contributed by atoms with van der Waals surface area (Å²) in [5.74, 6) is 6.08. The zero-order valence-corrected chi connectivity index (χ0v) is 13.0. The van der Waals surface area contributed by atoms with Crippen LogP contribution in [-0.2, 0) is 0 Å². The predicted octanol–water partition coefficient (Wildman–Crippen LogP) is 3.63. The fraction of sp³-hybridized carbons (Fsp3) is 0.444. The fourth-order valence-corrected chi connectivity index (χ4v) is 3.39. The van der Waals surface area contributed by atoms with Crippen LogP contribution in [0.2, 0.25) is 0 Å². The average molecular weight is 283 g/mol. The molecule has 2 N–H and O–H groups in total. The molecule has 0 amide bonds. The van der Waals surface area contributed by atoms with Crippen molar-refractivity contribution < 1.29 is 0 Å². The van der Waals surface area contributed by atoms with Crippen LogP contribution in [0.1, 0.15) is 38.7 Å². The molecule has 1 aromatic heterocycles. The summed E-state index contributed by atoms with van der Waals surface area (Å²) in [5.41, 5.74) is 3.85. The molecule has 21 heavy (non-hydrogen) atoms. The molecule has 112 valence electrons. The summed E-state index contributed by atoms with van der Waals surface area (Å²) in [5, 5.41) is 1.27. The number of hydrogen-bond acceptors (Lipinski definition) is 2. The minimum absolute atomic E-state index is 0.684. The molecule has 3 heteroatoms. The summed E-state index contributed by atoms with van der Waals surface area (Å²) in [7, 11) is 0. The highest BCUT2D eigenvalue weighted by atomic mass is 15.3. The second kappa shape index (κ2) is 5.94. The van der Waals surface area contributed by atoms with E-state index < -0.39 is 0 Å². The maximum atomic E-state index is 6.08. The van der Waals surface area contributed by atoms with Gasteiger partial charge in [-0.05, 0) is 31.4 Å². The Morgan fingerprint density at radius 2 is 2.10 bits per heavy atom. The lowest BCUT2D eigenvalue weighted by atomic mass is 9.98. The second-order valence-corrected chi connectivity index (χ2v) is 6.08. The van der Waals surface area contributed by atoms with Crippen molar-refractivity contribution in [2.24, 2.45) is 0 Å². The number of benzene rings is 1. The summed E-state index contributed by atoms with van der Waals surface area (Å²) in [4.78, 5) is 2.58. The van der Waals surface area contributed by atoms with Crippen molar-refractivity contribution in [2.45, 2.75) is 39.2 Å². The number of rotatable bonds is 4. The maximum absolute atomic E-state index is 6.08. The van der Waals surface area contributed by atoms with Gasteiger partial charge in [0.05, 0.1) is 5.52 Å². The van der Waals surface area contributed by atoms with Crippen LogP contribution >= 0.6 is 0 Å². The Balaban J connectivity index is 1.85. The van der Waals surface area contributed by atoms with Crippen LogP contribution in [0.4, 0.5) is 0 Å². The van der Waals surface area contributed by atoms with Gasteiger partial charge in [0.25, 0.3) is 0 Å². The lowest BCUT2D eigenvalue weighted by molar-refractivity contribution is 0.219. The van der Waals surface area contributed by atoms with E-state index in [1.165, 1.54) is 29.4 Å². The van der Waals surface area contributed by atoms with E-state index in [-0.39, 0.29) is 0 Å². The monoisotopic (exact) mass is 283 g/mol. The van der Waals surface area contributed by atoms with Crippen LogP contribution in [0.15, 0.2) is 36.5 Å². The summed E-state index contributed by atoms with van der Waals surface area (Å²) in [6.07, 6.45) is 8.11. The highest BCUT2D eigenvalue weighted by molar-refractivity contribution is 5.93. The van der Waals surface area contributed by atoms with Gasteiger partial charge in [-0.15, -0.1) is 0 Å². The normalized spacial score (nSPS) is 17.9. The number of hydrogen-bond donors (Lipinski definition) is 1. The molecular weight excluding hydrogens is 258 g/mol. The third-order valence-corrected chi connectivity index (χ3v) is 4.66. The van der Waals surface area contributed by atoms with E-state index in [0.717, 1.165) is 25.0 Å². The second-order valence-electron chi connectivity index (χ2n) is 6.08. The highest BCUT2D eigenvalue weighted by Gasteiger charge is 2.19. The molecule has 0 bridgehead atoms. The maximum Gasteiger partial charge on any atom is 0.0696 e. The van der Waals surface area contributed by atoms with Crippen LogP contribution in [0, 0.1) is 0 Å². The van der Waals surface area contributed by atoms with Gasteiger partial charge in [0.15, 0.2) is 0 Å². The van der Waals surface area contributed by atoms with E-state index in [1.807, 2.05) is 6.07 Å². The molecule has 1 unspecified atom stereocenters. The number of nitrogens with zero attached hydrogens (tertiary/aromatic N) is 2. The SMILES string of the molecule is CCCC(C)N1CC=C(c2cn(N)c3ccccc23)CC1. The lowest BCUT2D eigenvalue weighted by Gasteiger charge is -2.31. The van der Waals surface area contributed by atoms with E-state index in [1.54, 1.807) is 4.68 Å². The minimum Gasteiger partial charge on any atom is -0.339 e. The van der Waals surface area contributed by atoms with Crippen LogP contribution in [0.5, 0.6) is 0 Å². The Morgan fingerprint density at radius 1 is 1.29 bits per heavy atom. The van der Waals surface area contributed by atoms with E-state index in [0.29, 0.717) is 6.04 Å². The number of nitrogen functional groups attached to an aromatic ring is 1. The smallest absolute Gasteiger partial charge is 0.0696 e. The van der Waals surface area contributed by atoms with Gasteiger partial charge in [0, 0.05) is 36.3 Å². The summed E-state index contributed by atoms with van der Waals surface area (Å²) >= 11 is 0. The van der Waals surface area contributed by atoms with Crippen LogP contribution in [-0.4, -0.2) is 28.7 Å². The van der Waals surface area contributed by atoms with Crippen molar-refractivity contribution in [1.82, 2.24) is 9.58 Å². The van der Waals surface area contributed by atoms with Crippen molar-refractivity contribution in [2.75, 3.05) is 18.9 Å². The van der Waals surface area contributed by atoms with E-state index in [2.05, 4.69) is 49.2 Å². The number of nitrogens with two attached hydrogens (primary N) is 1. The van der Waals surface area contributed by atoms with Gasteiger partial charge in [-0.3, -0.25) is 9.58 Å². The molecule has 0 fully saturated rings. The van der Waals surface area contributed by atoms with Gasteiger partial charge in [0.2, 0.25) is 0 Å². The van der Waals surface area contributed by atoms with Crippen molar-refractivity contribution in [3.05, 3.63) is 42.1 Å². The van der Waals surface area contributed by atoms with Crippen molar-refractivity contribution in [3.8, 4) is 0 Å². The Hall–Kier alpha value is -1.74. The minimum atomic E-state index is 0.684. The molecule has 1 aromatic carbocycles. The van der Waals surface area contributed by atoms with Crippen LogP contribution < -0.4 is 5.84 Å². The first-order valence-corrected chi connectivity index (χ1v) is 7.99. The van der Waals surface area contributed by atoms with Gasteiger partial charge < -0.3 is 5.84 Å². The Bertz CT molecular complexity index is 654. The van der Waals surface area contributed by atoms with Gasteiger partial charge in [0.1, 0.15) is 0 Å². The van der Waals surface area contributed by atoms with Gasteiger partial charge in [-0.1, -0.05) is 37.6 Å². The lowest BCUT2D eigenvalue weighted by Crippen LogP contribution is -2.36. The Kier molecular flexibility index (Phi) is 4.02. The molecule has 2 heterocycles. The molecule has 2 aromatic rings. The molecule has 3 nitrogen and oxygen atoms in total. The first-order valence-electron chi connectivity index (χ1n) is 7.99. The largest absolute Gasteiger partial charge is 0.339 e. The molecule has 0 spiro atoms. The first kappa shape index (κ1) is 14.2. The number of fused-ring (bicyclic) bond motifs is 1. The molecule has 1 aliphatic rings. The molecule has 0 aliphatic carbocycles. The molecule has 0 radical (unpaired) electrons. The molecule has 0 saturated carbocycles. The van der Waals surface area contributed by atoms with Gasteiger partial charge in [-0.25, -0.2) is 0 Å². The Morgan fingerprint density at radius 3 is 2.81 bits per heavy atom. The number of aromatic nitrogens is 1. The van der Waals surface area contributed by atoms with Crippen LogP contribution in [0.25, 0.3) is 16.5 Å². The topological polar surface area (TPSA) is 34.2 Å². The summed E-state index contributed by atoms with van der Waals surface area (Å²) < 4.78 is 1.75. The quantitative estimate of drug-likeness (QED) is 0.869. The fourth-order valence-electron chi connectivity index (χ4n) is 3.39. The van der Waals surface area contributed by atoms with Gasteiger partial charge >= 0.3 is 0 Å². The predicted molar refractivity (Wildman–Crippen MR) is 90.6 cm³/mol. The first-order chi connectivity index (χ1) is 10.2. The molecule has 1 atom stereocenters. The van der Waals surface area contributed by atoms with E-state index >= 15 is 0 Å². The third kappa shape index (κ3) is 2.70.